The summed E-state index contributed by atoms with van der Waals surface area (Å²) in [5.41, 5.74) is 8.57. The van der Waals surface area contributed by atoms with Crippen molar-refractivity contribution >= 4 is 57.0 Å². The molecule has 3 N–H and O–H groups in total. The second-order valence-electron chi connectivity index (χ2n) is 4.29. The normalized spacial score (nSPS) is 10.5. The van der Waals surface area contributed by atoms with Crippen molar-refractivity contribution in [1.82, 2.24) is 5.43 Å². The Morgan fingerprint density at radius 3 is 2.78 bits per heavy atom. The minimum atomic E-state index is -0.560. The monoisotopic (exact) mass is 411 g/mol. The Labute approximate surface area is 151 Å². The maximum atomic E-state index is 12.2. The number of nitrogens with two attached hydrogens (primary N) is 1. The molecule has 0 unspecified atom stereocenters. The third-order valence-electron chi connectivity index (χ3n) is 2.65. The molecule has 0 aliphatic heterocycles. The van der Waals surface area contributed by atoms with E-state index in [1.54, 1.807) is 42.5 Å². The van der Waals surface area contributed by atoms with Crippen molar-refractivity contribution in [2.75, 3.05) is 0 Å². The number of esters is 1. The molecule has 0 aromatic heterocycles. The van der Waals surface area contributed by atoms with Crippen LogP contribution in [0.5, 0.6) is 5.75 Å². The number of carbonyl (C=O) groups is 1. The molecule has 8 heteroatoms. The molecule has 0 spiro atoms. The van der Waals surface area contributed by atoms with E-state index in [-0.39, 0.29) is 10.7 Å². The van der Waals surface area contributed by atoms with E-state index >= 15 is 0 Å². The molecule has 0 aliphatic rings. The fraction of sp³-hybridized carbons (Fsp3) is 0. The minimum absolute atomic E-state index is 0.0332. The third kappa shape index (κ3) is 5.02. The Bertz CT molecular complexity index is 783. The Morgan fingerprint density at radius 2 is 2.09 bits per heavy atom. The van der Waals surface area contributed by atoms with Crippen LogP contribution in [0.25, 0.3) is 0 Å². The molecule has 0 saturated carbocycles. The van der Waals surface area contributed by atoms with E-state index in [1.165, 1.54) is 6.21 Å². The molecule has 0 heterocycles. The first-order valence-corrected chi connectivity index (χ1v) is 7.90. The van der Waals surface area contributed by atoms with Gasteiger partial charge in [-0.1, -0.05) is 39.7 Å². The quantitative estimate of drug-likeness (QED) is 0.264. The highest BCUT2D eigenvalue weighted by molar-refractivity contribution is 9.10. The number of halogens is 2. The Kier molecular flexibility index (Phi) is 6.09. The summed E-state index contributed by atoms with van der Waals surface area (Å²) in [6, 6.07) is 11.8. The molecule has 0 fully saturated rings. The summed E-state index contributed by atoms with van der Waals surface area (Å²) in [6.45, 7) is 0. The lowest BCUT2D eigenvalue weighted by Gasteiger charge is -2.09. The number of thiocarbonyl (C=S) groups is 1. The molecule has 2 aromatic rings. The van der Waals surface area contributed by atoms with Crippen LogP contribution in [0.3, 0.4) is 0 Å². The van der Waals surface area contributed by atoms with Gasteiger partial charge in [0.25, 0.3) is 0 Å². The van der Waals surface area contributed by atoms with E-state index in [0.717, 1.165) is 4.47 Å². The van der Waals surface area contributed by atoms with E-state index in [2.05, 4.69) is 38.7 Å². The summed E-state index contributed by atoms with van der Waals surface area (Å²) >= 11 is 14.0. The van der Waals surface area contributed by atoms with Gasteiger partial charge in [0.2, 0.25) is 0 Å². The molecule has 0 saturated heterocycles. The fourth-order valence-corrected chi connectivity index (χ4v) is 2.30. The van der Waals surface area contributed by atoms with Gasteiger partial charge in [-0.25, -0.2) is 4.79 Å². The number of ether oxygens (including phenoxy) is 1. The molecule has 5 nitrogen and oxygen atoms in total. The number of hydrogen-bond donors (Lipinski definition) is 2. The van der Waals surface area contributed by atoms with E-state index in [0.29, 0.717) is 16.3 Å². The SMILES string of the molecule is NC(=S)N/N=C/c1cc(Br)ccc1OC(=O)c1ccccc1Cl. The molecular weight excluding hydrogens is 402 g/mol. The lowest BCUT2D eigenvalue weighted by atomic mass is 10.2. The smallest absolute Gasteiger partial charge is 0.345 e. The van der Waals surface area contributed by atoms with Crippen molar-refractivity contribution in [1.29, 1.82) is 0 Å². The highest BCUT2D eigenvalue weighted by Crippen LogP contribution is 2.24. The molecule has 0 atom stereocenters. The average Bonchev–Trinajstić information content (AvgIpc) is 2.50. The summed E-state index contributed by atoms with van der Waals surface area (Å²) in [7, 11) is 0. The lowest BCUT2D eigenvalue weighted by molar-refractivity contribution is 0.0734. The van der Waals surface area contributed by atoms with Gasteiger partial charge in [0.05, 0.1) is 16.8 Å². The summed E-state index contributed by atoms with van der Waals surface area (Å²) in [4.78, 5) is 12.2. The number of nitrogens with zero attached hydrogens (tertiary/aromatic N) is 1. The van der Waals surface area contributed by atoms with Crippen LogP contribution in [-0.2, 0) is 0 Å². The molecule has 0 aliphatic carbocycles. The highest BCUT2D eigenvalue weighted by Gasteiger charge is 2.14. The zero-order chi connectivity index (χ0) is 16.8. The summed E-state index contributed by atoms with van der Waals surface area (Å²) in [6.07, 6.45) is 1.44. The molecule has 0 bridgehead atoms. The van der Waals surface area contributed by atoms with Crippen LogP contribution in [0, 0.1) is 0 Å². The van der Waals surface area contributed by atoms with Gasteiger partial charge in [0.1, 0.15) is 5.75 Å². The molecule has 0 amide bonds. The Morgan fingerprint density at radius 1 is 1.35 bits per heavy atom. The number of hydrogen-bond acceptors (Lipinski definition) is 4. The number of benzene rings is 2. The van der Waals surface area contributed by atoms with Gasteiger partial charge in [-0.15, -0.1) is 0 Å². The third-order valence-corrected chi connectivity index (χ3v) is 3.56. The molecule has 23 heavy (non-hydrogen) atoms. The first kappa shape index (κ1) is 17.4. The first-order valence-electron chi connectivity index (χ1n) is 6.32. The molecule has 118 valence electrons. The van der Waals surface area contributed by atoms with Gasteiger partial charge in [0, 0.05) is 10.0 Å². The van der Waals surface area contributed by atoms with Crippen LogP contribution in [0.4, 0.5) is 0 Å². The summed E-state index contributed by atoms with van der Waals surface area (Å²) in [5.74, 6) is -0.235. The van der Waals surface area contributed by atoms with Crippen LogP contribution >= 0.6 is 39.7 Å². The Hall–Kier alpha value is -1.96. The molecule has 0 radical (unpaired) electrons. The van der Waals surface area contributed by atoms with Crippen LogP contribution < -0.4 is 15.9 Å². The predicted octanol–water partition coefficient (Wildman–Crippen LogP) is 3.49. The van der Waals surface area contributed by atoms with Crippen molar-refractivity contribution in [2.45, 2.75) is 0 Å². The predicted molar refractivity (Wildman–Crippen MR) is 98.1 cm³/mol. The summed E-state index contributed by atoms with van der Waals surface area (Å²) < 4.78 is 6.20. The first-order chi connectivity index (χ1) is 11.0. The zero-order valence-corrected chi connectivity index (χ0v) is 14.8. The largest absolute Gasteiger partial charge is 0.422 e. The Balaban J connectivity index is 2.25. The van der Waals surface area contributed by atoms with Gasteiger partial charge in [-0.05, 0) is 42.5 Å². The van der Waals surface area contributed by atoms with Crippen LogP contribution in [0.2, 0.25) is 5.02 Å². The number of hydrazone groups is 1. The van der Waals surface area contributed by atoms with Gasteiger partial charge in [-0.3, -0.25) is 5.43 Å². The lowest BCUT2D eigenvalue weighted by Crippen LogP contribution is -2.24. The van der Waals surface area contributed by atoms with Crippen LogP contribution in [-0.4, -0.2) is 17.3 Å². The van der Waals surface area contributed by atoms with Gasteiger partial charge < -0.3 is 10.5 Å². The molecular formula is C15H11BrClN3O2S. The van der Waals surface area contributed by atoms with E-state index in [1.807, 2.05) is 0 Å². The topological polar surface area (TPSA) is 76.7 Å². The van der Waals surface area contributed by atoms with Crippen molar-refractivity contribution < 1.29 is 9.53 Å². The van der Waals surface area contributed by atoms with Gasteiger partial charge in [0.15, 0.2) is 5.11 Å². The standard InChI is InChI=1S/C15H11BrClN3O2S/c16-10-5-6-13(9(7-10)8-19-20-15(18)23)22-14(21)11-3-1-2-4-12(11)17/h1-8H,(H3,18,20,23)/b19-8+. The van der Waals surface area contributed by atoms with Crippen molar-refractivity contribution in [3.63, 3.8) is 0 Å². The van der Waals surface area contributed by atoms with Gasteiger partial charge >= 0.3 is 5.97 Å². The van der Waals surface area contributed by atoms with Crippen LogP contribution in [0.15, 0.2) is 52.0 Å². The highest BCUT2D eigenvalue weighted by atomic mass is 79.9. The zero-order valence-electron chi connectivity index (χ0n) is 11.6. The number of nitrogens with one attached hydrogen (secondary N) is 1. The maximum Gasteiger partial charge on any atom is 0.345 e. The van der Waals surface area contributed by atoms with Crippen molar-refractivity contribution in [3.05, 3.63) is 63.1 Å². The molecule has 2 rings (SSSR count). The minimum Gasteiger partial charge on any atom is -0.422 e. The number of carbonyl (C=O) groups excluding carboxylic acids is 1. The second-order valence-corrected chi connectivity index (χ2v) is 6.05. The van der Waals surface area contributed by atoms with E-state index in [4.69, 9.17) is 22.1 Å². The average molecular weight is 413 g/mol. The van der Waals surface area contributed by atoms with Crippen molar-refractivity contribution in [2.24, 2.45) is 10.8 Å². The van der Waals surface area contributed by atoms with E-state index < -0.39 is 5.97 Å². The van der Waals surface area contributed by atoms with Gasteiger partial charge in [-0.2, -0.15) is 5.10 Å². The molecule has 2 aromatic carbocycles. The van der Waals surface area contributed by atoms with E-state index in [9.17, 15) is 4.79 Å². The number of rotatable bonds is 4. The maximum absolute atomic E-state index is 12.2. The van der Waals surface area contributed by atoms with Crippen molar-refractivity contribution in [3.8, 4) is 5.75 Å². The van der Waals surface area contributed by atoms with Crippen LogP contribution in [0.1, 0.15) is 15.9 Å². The second kappa shape index (κ2) is 8.05. The fourth-order valence-electron chi connectivity index (χ4n) is 1.66. The summed E-state index contributed by atoms with van der Waals surface area (Å²) in [5, 5.41) is 4.21.